The summed E-state index contributed by atoms with van der Waals surface area (Å²) in [6.45, 7) is 23.5. The number of amides is 1. The minimum atomic E-state index is -0.912. The van der Waals surface area contributed by atoms with Gasteiger partial charge < -0.3 is 75.7 Å². The fourth-order valence-corrected chi connectivity index (χ4v) is 16.7. The molecular formula is C89H120N8O15S2-2. The number of benzene rings is 6. The van der Waals surface area contributed by atoms with Crippen molar-refractivity contribution in [2.24, 2.45) is 48.6 Å². The maximum absolute atomic E-state index is 13.4. The van der Waals surface area contributed by atoms with E-state index in [4.69, 9.17) is 19.3 Å². The first-order chi connectivity index (χ1) is 54.3. The van der Waals surface area contributed by atoms with Crippen LogP contribution < -0.4 is 15.5 Å². The lowest BCUT2D eigenvalue weighted by Crippen LogP contribution is -2.59. The Hall–Kier alpha value is -8.24. The second kappa shape index (κ2) is 42.1. The molecule has 5 heterocycles. The molecule has 25 heteroatoms. The number of phenols is 4. The van der Waals surface area contributed by atoms with Gasteiger partial charge in [0.25, 0.3) is 5.91 Å². The Morgan fingerprint density at radius 3 is 1.32 bits per heavy atom. The number of carbonyl (C=O) groups excluding carboxylic acids is 1. The number of likely N-dealkylation sites (tertiary alicyclic amines) is 2. The summed E-state index contributed by atoms with van der Waals surface area (Å²) in [5, 5.41) is 120. The molecule has 14 atom stereocenters. The van der Waals surface area contributed by atoms with Crippen molar-refractivity contribution in [1.29, 1.82) is 0 Å². The number of aliphatic hydroxyl groups is 5. The van der Waals surface area contributed by atoms with E-state index in [0.717, 1.165) is 65.3 Å². The standard InChI is InChI=1S/C32H45N3O4S.C26H39N3O4.C13H17NO3.C12H15NO4.C6H6S/c1-21-25(15-10-16-28(21)36)30(38)33-26(20-40-24-13-6-5-7-14-24)29(37)19-35-18-23-12-9-8-11-22(23)17-27(35)31(39)34-32(2,3)4;1-16-19(10-7-11-22(16)30)25-27-20(15-33-25)23(31)14-29-13-18-9-6-5-8-17(18)12-21(29)24(32)28-26(2,3)4;1-3-11(15)10-7-17-13(14-10)9-5-4-6-12(16)8(9)2;1-7-8(3-2-4-10(7)15)12-13-9(6-17-12)11(16)5-14;7-6-4-2-1-3-5-6/h5-7,10,13-16,22-23,26-27,29,36-37H,8-9,11-12,17-20H2,1-4H3,(H,33,38)(H,34,39);7,10-11,17-18,20-21,23,30-31H,5-6,8-9,12-15H2,1-4H3,(H,28,32);4-6,10-11,15-16H,3,7H2,1-2H3;2-4,9,11,14-16H,5-6H2,1H3;1-5,7H/p-2/t22-,23+,26-,27-,29+;17-,18+,20-,21-,23+;10-,11+;9-,11+;/m0000./s1. The third-order valence-electron chi connectivity index (χ3n) is 22.1. The number of thioether (sulfide) groups is 1. The molecule has 7 aliphatic rings. The Bertz CT molecular complexity index is 4170. The molecule has 5 aliphatic heterocycles. The number of nitrogens with one attached hydrogen (secondary N) is 1. The number of rotatable bonds is 20. The van der Waals surface area contributed by atoms with Gasteiger partial charge in [0, 0.05) is 98.3 Å². The van der Waals surface area contributed by atoms with Gasteiger partial charge in [0.2, 0.25) is 17.7 Å². The van der Waals surface area contributed by atoms with Crippen molar-refractivity contribution in [2.45, 2.75) is 228 Å². The van der Waals surface area contributed by atoms with Gasteiger partial charge in [-0.1, -0.05) is 106 Å². The van der Waals surface area contributed by atoms with Crippen LogP contribution in [0.3, 0.4) is 0 Å². The van der Waals surface area contributed by atoms with E-state index in [-0.39, 0.29) is 85.2 Å². The van der Waals surface area contributed by atoms with Crippen LogP contribution in [-0.2, 0) is 14.2 Å². The molecule has 1 amide bonds. The van der Waals surface area contributed by atoms with Gasteiger partial charge in [0.1, 0.15) is 67.0 Å². The first-order valence-electron chi connectivity index (χ1n) is 40.1. The second-order valence-electron chi connectivity index (χ2n) is 32.9. The number of hydrogen-bond acceptors (Lipinski definition) is 24. The molecule has 6 aromatic rings. The van der Waals surface area contributed by atoms with Crippen molar-refractivity contribution >= 4 is 59.8 Å². The number of carbonyl (C=O) groups is 1. The Kier molecular flexibility index (Phi) is 33.1. The van der Waals surface area contributed by atoms with Gasteiger partial charge in [-0.05, 0) is 210 Å². The number of phenolic OH excluding ortho intramolecular Hbond substituents is 4. The average Bonchev–Trinajstić information content (AvgIpc) is 1.13. The Labute approximate surface area is 682 Å². The van der Waals surface area contributed by atoms with Gasteiger partial charge in [-0.15, -0.1) is 24.4 Å². The summed E-state index contributed by atoms with van der Waals surface area (Å²) in [6.07, 6.45) is 8.81. The fraction of sp³-hybridized carbons (Fsp3) is 0.528. The highest BCUT2D eigenvalue weighted by Crippen LogP contribution is 2.41. The molecule has 23 nitrogen and oxygen atoms in total. The number of fused-ring (bicyclic) bond motifs is 2. The predicted molar refractivity (Wildman–Crippen MR) is 449 cm³/mol. The maximum Gasteiger partial charge on any atom is 0.252 e. The van der Waals surface area contributed by atoms with Gasteiger partial charge >= 0.3 is 0 Å². The zero-order valence-corrected chi connectivity index (χ0v) is 69.6. The largest absolute Gasteiger partial charge is 0.861 e. The molecule has 10 N–H and O–H groups in total. The topological polar surface area (TPSA) is 353 Å². The van der Waals surface area contributed by atoms with Gasteiger partial charge in [-0.2, -0.15) is 0 Å². The number of ether oxygens (including phenoxy) is 3. The molecular weight excluding hydrogens is 1490 g/mol. The Morgan fingerprint density at radius 2 is 0.921 bits per heavy atom. The number of aliphatic hydroxyl groups excluding tert-OH is 5. The molecule has 114 heavy (non-hydrogen) atoms. The predicted octanol–water partition coefficient (Wildman–Crippen LogP) is 10.8. The number of aromatic hydroxyl groups is 4. The first kappa shape index (κ1) is 89.7. The van der Waals surface area contributed by atoms with Crippen LogP contribution in [0, 0.1) is 51.4 Å². The van der Waals surface area contributed by atoms with Crippen LogP contribution in [0.1, 0.15) is 168 Å². The quantitative estimate of drug-likeness (QED) is 0.0146. The van der Waals surface area contributed by atoms with Crippen molar-refractivity contribution in [1.82, 2.24) is 15.1 Å². The van der Waals surface area contributed by atoms with E-state index in [0.29, 0.717) is 94.5 Å². The van der Waals surface area contributed by atoms with Crippen LogP contribution in [0.25, 0.3) is 0 Å². The zero-order chi connectivity index (χ0) is 82.6. The molecule has 0 radical (unpaired) electrons. The van der Waals surface area contributed by atoms with Crippen LogP contribution in [-0.4, -0.2) is 221 Å². The summed E-state index contributed by atoms with van der Waals surface area (Å²) >= 11 is 5.65. The lowest BCUT2D eigenvalue weighted by atomic mass is 9.72. The van der Waals surface area contributed by atoms with Crippen LogP contribution in [0.15, 0.2) is 168 Å². The minimum absolute atomic E-state index is 0.0581. The number of β-amino-alcohol motifs (C(OH)–C–C–N with tert-alkyl or cyclic N) is 2. The summed E-state index contributed by atoms with van der Waals surface area (Å²) in [6, 6.07) is 37.9. The zero-order valence-electron chi connectivity index (χ0n) is 67.9. The van der Waals surface area contributed by atoms with Gasteiger partial charge in [0.05, 0.1) is 42.0 Å². The molecule has 0 unspecified atom stereocenters. The Balaban J connectivity index is 0.000000178. The number of hydrogen-bond donors (Lipinski definition) is 11. The minimum Gasteiger partial charge on any atom is -0.861 e. The van der Waals surface area contributed by atoms with Crippen molar-refractivity contribution in [3.05, 3.63) is 178 Å². The van der Waals surface area contributed by atoms with Crippen LogP contribution in [0.4, 0.5) is 0 Å². The van der Waals surface area contributed by atoms with Crippen LogP contribution in [0.5, 0.6) is 23.0 Å². The van der Waals surface area contributed by atoms with Gasteiger partial charge in [-0.3, -0.25) is 24.6 Å². The lowest BCUT2D eigenvalue weighted by Gasteiger charge is -2.49. The second-order valence-corrected chi connectivity index (χ2v) is 34.5. The third-order valence-corrected chi connectivity index (χ3v) is 23.6. The lowest BCUT2D eigenvalue weighted by molar-refractivity contribution is -0.229. The van der Waals surface area contributed by atoms with Crippen molar-refractivity contribution in [3.8, 4) is 23.0 Å². The van der Waals surface area contributed by atoms with E-state index in [9.17, 15) is 55.9 Å². The van der Waals surface area contributed by atoms with Crippen LogP contribution in [0.2, 0.25) is 0 Å². The van der Waals surface area contributed by atoms with E-state index in [2.05, 4.69) is 52.7 Å². The SMILES string of the molecule is CC[C@@H](O)[C@@H]1COC(c2cccc(O)c2C)=N1.Cc1c(O)cccc1C(=O)N[C@@H](CSc1ccccc1)[C@H](O)CN1C[C@H]2CCCC[C@H]2C[C@H]1C([O-])=NC(C)(C)C.Cc1c(O)cccc1C1=N[C@H]([C@H](O)CN2C[C@H]3CCCC[C@H]3C[C@H]2C([O-])=NC(C)(C)C)CO1.Cc1c(O)cccc1C1=N[C@H]([C@H](O)CO)CO1.Sc1ccccc1. The molecule has 2 saturated heterocycles. The molecule has 2 saturated carbocycles. The highest BCUT2D eigenvalue weighted by atomic mass is 32.2. The van der Waals surface area contributed by atoms with E-state index in [1.165, 1.54) is 38.5 Å². The average molecular weight is 1610 g/mol. The molecule has 0 aromatic heterocycles. The number of thiol groups is 1. The molecule has 13 rings (SSSR count). The van der Waals surface area contributed by atoms with E-state index >= 15 is 0 Å². The summed E-state index contributed by atoms with van der Waals surface area (Å²) in [4.78, 5) is 41.8. The van der Waals surface area contributed by atoms with Crippen molar-refractivity contribution < 1.29 is 75.2 Å². The summed E-state index contributed by atoms with van der Waals surface area (Å²) in [5.74, 6) is 4.15. The highest BCUT2D eigenvalue weighted by Gasteiger charge is 2.42. The van der Waals surface area contributed by atoms with Crippen molar-refractivity contribution in [2.75, 3.05) is 58.4 Å². The van der Waals surface area contributed by atoms with E-state index in [1.807, 2.05) is 135 Å². The molecule has 6 aromatic carbocycles. The number of piperidine rings is 2. The monoisotopic (exact) mass is 1600 g/mol. The first-order valence-corrected chi connectivity index (χ1v) is 41.6. The third kappa shape index (κ3) is 25.4. The number of nitrogens with zero attached hydrogens (tertiary/aromatic N) is 7. The summed E-state index contributed by atoms with van der Waals surface area (Å²) in [7, 11) is 0. The normalized spacial score (nSPS) is 23.7. The van der Waals surface area contributed by atoms with Crippen molar-refractivity contribution in [3.63, 3.8) is 0 Å². The number of aliphatic imine (C=N–C) groups is 5. The summed E-state index contributed by atoms with van der Waals surface area (Å²) in [5.41, 5.74) is 4.37. The fourth-order valence-electron chi connectivity index (χ4n) is 15.5. The Morgan fingerprint density at radius 1 is 0.535 bits per heavy atom. The molecule has 2 aliphatic carbocycles. The molecule has 0 spiro atoms. The highest BCUT2D eigenvalue weighted by molar-refractivity contribution is 7.99. The van der Waals surface area contributed by atoms with E-state index < -0.39 is 53.6 Å². The molecule has 620 valence electrons. The van der Waals surface area contributed by atoms with Crippen LogP contribution >= 0.6 is 24.4 Å². The van der Waals surface area contributed by atoms with E-state index in [1.54, 1.807) is 86.3 Å². The maximum atomic E-state index is 13.4. The van der Waals surface area contributed by atoms with Gasteiger partial charge in [-0.25, -0.2) is 15.0 Å². The molecule has 4 fully saturated rings. The smallest absolute Gasteiger partial charge is 0.252 e. The molecule has 0 bridgehead atoms. The van der Waals surface area contributed by atoms with Gasteiger partial charge in [0.15, 0.2) is 0 Å². The summed E-state index contributed by atoms with van der Waals surface area (Å²) < 4.78 is 16.7.